The van der Waals surface area contributed by atoms with E-state index in [0.29, 0.717) is 10.7 Å². The summed E-state index contributed by atoms with van der Waals surface area (Å²) in [5.41, 5.74) is 0.760. The van der Waals surface area contributed by atoms with Gasteiger partial charge in [0.2, 0.25) is 5.91 Å². The molecule has 0 heterocycles. The third kappa shape index (κ3) is 4.51. The molecule has 0 aliphatic rings. The third-order valence-corrected chi connectivity index (χ3v) is 3.92. The fourth-order valence-corrected chi connectivity index (χ4v) is 2.55. The number of amides is 1. The summed E-state index contributed by atoms with van der Waals surface area (Å²) in [4.78, 5) is 23.4. The number of anilines is 1. The van der Waals surface area contributed by atoms with Crippen molar-refractivity contribution in [1.29, 1.82) is 0 Å². The van der Waals surface area contributed by atoms with Crippen molar-refractivity contribution in [2.75, 3.05) is 11.1 Å². The number of carboxylic acids is 1. The Balaban J connectivity index is 1.94. The topological polar surface area (TPSA) is 66.4 Å². The zero-order valence-electron chi connectivity index (χ0n) is 10.9. The number of carbonyl (C=O) groups excluding carboxylic acids is 1. The normalized spacial score (nSPS) is 10.1. The minimum Gasteiger partial charge on any atom is -0.478 e. The Hall–Kier alpha value is -1.98. The second-order valence-corrected chi connectivity index (χ2v) is 5.61. The fourth-order valence-electron chi connectivity index (χ4n) is 1.62. The van der Waals surface area contributed by atoms with Crippen molar-refractivity contribution in [2.24, 2.45) is 0 Å². The zero-order valence-corrected chi connectivity index (χ0v) is 12.4. The van der Waals surface area contributed by atoms with Crippen LogP contribution in [0.25, 0.3) is 0 Å². The van der Waals surface area contributed by atoms with Crippen LogP contribution in [0.2, 0.25) is 5.02 Å². The van der Waals surface area contributed by atoms with Crippen LogP contribution >= 0.6 is 23.4 Å². The smallest absolute Gasteiger partial charge is 0.335 e. The number of nitrogens with one attached hydrogen (secondary N) is 1. The number of para-hydroxylation sites is 1. The minimum absolute atomic E-state index is 0.175. The Kier molecular flexibility index (Phi) is 5.25. The van der Waals surface area contributed by atoms with Crippen LogP contribution in [-0.2, 0) is 4.79 Å². The fraction of sp³-hybridized carbons (Fsp3) is 0.0667. The van der Waals surface area contributed by atoms with Crippen LogP contribution in [-0.4, -0.2) is 22.7 Å². The molecular weight excluding hydrogens is 310 g/mol. The van der Waals surface area contributed by atoms with Gasteiger partial charge in [0.15, 0.2) is 0 Å². The maximum atomic E-state index is 11.8. The van der Waals surface area contributed by atoms with Crippen LogP contribution in [0.5, 0.6) is 0 Å². The van der Waals surface area contributed by atoms with Crippen LogP contribution in [0, 0.1) is 0 Å². The lowest BCUT2D eigenvalue weighted by Crippen LogP contribution is -2.14. The molecule has 0 radical (unpaired) electrons. The Morgan fingerprint density at radius 2 is 1.90 bits per heavy atom. The summed E-state index contributed by atoms with van der Waals surface area (Å²) in [6.07, 6.45) is 0. The van der Waals surface area contributed by atoms with Gasteiger partial charge in [0.1, 0.15) is 0 Å². The van der Waals surface area contributed by atoms with Gasteiger partial charge in [-0.1, -0.05) is 29.8 Å². The molecule has 2 aromatic carbocycles. The largest absolute Gasteiger partial charge is 0.478 e. The molecular formula is C15H12ClNO3S. The molecule has 6 heteroatoms. The maximum Gasteiger partial charge on any atom is 0.335 e. The van der Waals surface area contributed by atoms with Crippen LogP contribution in [0.3, 0.4) is 0 Å². The van der Waals surface area contributed by atoms with E-state index >= 15 is 0 Å². The van der Waals surface area contributed by atoms with Gasteiger partial charge in [-0.2, -0.15) is 0 Å². The number of halogens is 1. The summed E-state index contributed by atoms with van der Waals surface area (Å²) in [7, 11) is 0. The number of rotatable bonds is 5. The van der Waals surface area contributed by atoms with E-state index in [4.69, 9.17) is 16.7 Å². The first-order chi connectivity index (χ1) is 10.1. The van der Waals surface area contributed by atoms with Gasteiger partial charge in [-0.05, 0) is 30.3 Å². The number of benzene rings is 2. The highest BCUT2D eigenvalue weighted by Crippen LogP contribution is 2.22. The number of hydrogen-bond donors (Lipinski definition) is 2. The highest BCUT2D eigenvalue weighted by atomic mass is 35.5. The summed E-state index contributed by atoms with van der Waals surface area (Å²) < 4.78 is 0. The molecule has 1 amide bonds. The van der Waals surface area contributed by atoms with E-state index in [0.717, 1.165) is 4.90 Å². The number of aromatic carboxylic acids is 1. The monoisotopic (exact) mass is 321 g/mol. The second-order valence-electron chi connectivity index (χ2n) is 4.15. The average Bonchev–Trinajstić information content (AvgIpc) is 2.48. The molecule has 108 valence electrons. The Labute approximate surface area is 131 Å². The Morgan fingerprint density at radius 3 is 2.62 bits per heavy atom. The van der Waals surface area contributed by atoms with Gasteiger partial charge < -0.3 is 10.4 Å². The first-order valence-electron chi connectivity index (χ1n) is 6.07. The molecule has 0 saturated heterocycles. The van der Waals surface area contributed by atoms with Gasteiger partial charge in [0.05, 0.1) is 22.0 Å². The van der Waals surface area contributed by atoms with Crippen molar-refractivity contribution in [3.8, 4) is 0 Å². The first kappa shape index (κ1) is 15.4. The number of hydrogen-bond acceptors (Lipinski definition) is 3. The standard InChI is InChI=1S/C15H12ClNO3S/c16-12-6-1-2-7-13(12)17-14(18)9-21-11-5-3-4-10(8-11)15(19)20/h1-8H,9H2,(H,17,18)(H,19,20). The lowest BCUT2D eigenvalue weighted by molar-refractivity contribution is -0.113. The summed E-state index contributed by atoms with van der Waals surface area (Å²) in [6, 6.07) is 13.4. The summed E-state index contributed by atoms with van der Waals surface area (Å²) in [6.45, 7) is 0. The van der Waals surface area contributed by atoms with Crippen molar-refractivity contribution in [2.45, 2.75) is 4.90 Å². The van der Waals surface area contributed by atoms with E-state index in [1.807, 2.05) is 0 Å². The van der Waals surface area contributed by atoms with E-state index in [-0.39, 0.29) is 17.2 Å². The molecule has 0 spiro atoms. The van der Waals surface area contributed by atoms with Crippen LogP contribution in [0.1, 0.15) is 10.4 Å². The van der Waals surface area contributed by atoms with Gasteiger partial charge in [-0.15, -0.1) is 11.8 Å². The summed E-state index contributed by atoms with van der Waals surface area (Å²) >= 11 is 7.22. The summed E-state index contributed by atoms with van der Waals surface area (Å²) in [5, 5.41) is 12.1. The molecule has 0 fully saturated rings. The second kappa shape index (κ2) is 7.15. The number of thioether (sulfide) groups is 1. The highest BCUT2D eigenvalue weighted by molar-refractivity contribution is 8.00. The molecule has 0 atom stereocenters. The number of carbonyl (C=O) groups is 2. The predicted molar refractivity (Wildman–Crippen MR) is 84.2 cm³/mol. The van der Waals surface area contributed by atoms with Crippen molar-refractivity contribution < 1.29 is 14.7 Å². The van der Waals surface area contributed by atoms with Crippen LogP contribution in [0.15, 0.2) is 53.4 Å². The molecule has 21 heavy (non-hydrogen) atoms. The molecule has 2 aromatic rings. The van der Waals surface area contributed by atoms with Crippen molar-refractivity contribution >= 4 is 40.9 Å². The van der Waals surface area contributed by atoms with Gasteiger partial charge in [-0.3, -0.25) is 4.79 Å². The van der Waals surface area contributed by atoms with Crippen molar-refractivity contribution in [1.82, 2.24) is 0 Å². The zero-order chi connectivity index (χ0) is 15.2. The Bertz CT molecular complexity index is 675. The van der Waals surface area contributed by atoms with Gasteiger partial charge in [0.25, 0.3) is 0 Å². The molecule has 0 bridgehead atoms. The average molecular weight is 322 g/mol. The first-order valence-corrected chi connectivity index (χ1v) is 7.43. The molecule has 2 N–H and O–H groups in total. The van der Waals surface area contributed by atoms with Crippen molar-refractivity contribution in [3.63, 3.8) is 0 Å². The summed E-state index contributed by atoms with van der Waals surface area (Å²) in [5.74, 6) is -1.01. The van der Waals surface area contributed by atoms with Crippen molar-refractivity contribution in [3.05, 3.63) is 59.1 Å². The van der Waals surface area contributed by atoms with E-state index in [1.54, 1.807) is 36.4 Å². The van der Waals surface area contributed by atoms with E-state index in [9.17, 15) is 9.59 Å². The van der Waals surface area contributed by atoms with Gasteiger partial charge >= 0.3 is 5.97 Å². The molecule has 2 rings (SSSR count). The minimum atomic E-state index is -0.988. The molecule has 0 aliphatic carbocycles. The molecule has 4 nitrogen and oxygen atoms in total. The SMILES string of the molecule is O=C(CSc1cccc(C(=O)O)c1)Nc1ccccc1Cl. The predicted octanol–water partition coefficient (Wildman–Crippen LogP) is 3.77. The van der Waals surface area contributed by atoms with E-state index < -0.39 is 5.97 Å². The molecule has 0 saturated carbocycles. The van der Waals surface area contributed by atoms with Gasteiger partial charge in [0, 0.05) is 4.90 Å². The maximum absolute atomic E-state index is 11.8. The lowest BCUT2D eigenvalue weighted by atomic mass is 10.2. The highest BCUT2D eigenvalue weighted by Gasteiger charge is 2.08. The molecule has 0 unspecified atom stereocenters. The molecule has 0 aromatic heterocycles. The molecule has 0 aliphatic heterocycles. The Morgan fingerprint density at radius 1 is 1.14 bits per heavy atom. The number of carboxylic acid groups (broad SMARTS) is 1. The van der Waals surface area contributed by atoms with Crippen LogP contribution in [0.4, 0.5) is 5.69 Å². The quantitative estimate of drug-likeness (QED) is 0.823. The third-order valence-electron chi connectivity index (χ3n) is 2.60. The van der Waals surface area contributed by atoms with Crippen LogP contribution < -0.4 is 5.32 Å². The van der Waals surface area contributed by atoms with E-state index in [2.05, 4.69) is 5.32 Å². The van der Waals surface area contributed by atoms with Gasteiger partial charge in [-0.25, -0.2) is 4.79 Å². The van der Waals surface area contributed by atoms with E-state index in [1.165, 1.54) is 23.9 Å². The lowest BCUT2D eigenvalue weighted by Gasteiger charge is -2.07.